The summed E-state index contributed by atoms with van der Waals surface area (Å²) in [7, 11) is 0. The molecule has 2 aromatic rings. The minimum Gasteiger partial charge on any atom is -0.438 e. The van der Waals surface area contributed by atoms with E-state index in [9.17, 15) is 9.59 Å². The van der Waals surface area contributed by atoms with E-state index in [1.807, 2.05) is 37.3 Å². The van der Waals surface area contributed by atoms with Gasteiger partial charge in [-0.05, 0) is 38.8 Å². The first kappa shape index (κ1) is 22.2. The number of carbonyl (C=O) groups excluding carboxylic acids is 2. The van der Waals surface area contributed by atoms with Gasteiger partial charge in [0.1, 0.15) is 11.8 Å². The van der Waals surface area contributed by atoms with Crippen molar-refractivity contribution < 1.29 is 14.0 Å². The van der Waals surface area contributed by atoms with Crippen molar-refractivity contribution in [2.75, 3.05) is 13.1 Å². The number of hydrogen-bond donors (Lipinski definition) is 2. The van der Waals surface area contributed by atoms with Crippen LogP contribution in [0.3, 0.4) is 0 Å². The Morgan fingerprint density at radius 2 is 1.93 bits per heavy atom. The number of benzene rings is 1. The monoisotopic (exact) mass is 411 g/mol. The molecule has 2 heterocycles. The second-order valence-electron chi connectivity index (χ2n) is 8.01. The maximum atomic E-state index is 12.8. The predicted molar refractivity (Wildman–Crippen MR) is 117 cm³/mol. The van der Waals surface area contributed by atoms with E-state index in [-0.39, 0.29) is 17.9 Å². The van der Waals surface area contributed by atoms with E-state index >= 15 is 0 Å². The summed E-state index contributed by atoms with van der Waals surface area (Å²) in [6.07, 6.45) is 8.21. The van der Waals surface area contributed by atoms with E-state index in [0.29, 0.717) is 30.3 Å². The van der Waals surface area contributed by atoms with Crippen molar-refractivity contribution in [1.29, 1.82) is 0 Å². The lowest BCUT2D eigenvalue weighted by atomic mass is 9.96. The van der Waals surface area contributed by atoms with E-state index in [1.165, 1.54) is 0 Å². The molecule has 6 heteroatoms. The highest BCUT2D eigenvalue weighted by Gasteiger charge is 2.26. The van der Waals surface area contributed by atoms with Crippen LogP contribution in [0.1, 0.15) is 70.2 Å². The lowest BCUT2D eigenvalue weighted by Crippen LogP contribution is -2.39. The van der Waals surface area contributed by atoms with Gasteiger partial charge in [0.25, 0.3) is 0 Å². The Balaban J connectivity index is 1.63. The van der Waals surface area contributed by atoms with Crippen LogP contribution in [0, 0.1) is 5.92 Å². The summed E-state index contributed by atoms with van der Waals surface area (Å²) in [6.45, 7) is 3.66. The second-order valence-corrected chi connectivity index (χ2v) is 8.01. The van der Waals surface area contributed by atoms with Crippen molar-refractivity contribution in [2.45, 2.75) is 64.3 Å². The summed E-state index contributed by atoms with van der Waals surface area (Å²) >= 11 is 0. The number of aromatic nitrogens is 1. The zero-order chi connectivity index (χ0) is 21.2. The van der Waals surface area contributed by atoms with Crippen molar-refractivity contribution in [3.63, 3.8) is 0 Å². The SMILES string of the molecule is CCC(=O)CCCCC[C@H](NC(=O)C1CCNCC1)c1ncc(-c2ccccc2)o1. The first-order valence-electron chi connectivity index (χ1n) is 11.2. The summed E-state index contributed by atoms with van der Waals surface area (Å²) < 4.78 is 6.04. The second kappa shape index (κ2) is 11.6. The summed E-state index contributed by atoms with van der Waals surface area (Å²) in [6, 6.07) is 9.62. The standard InChI is InChI=1S/C24H33N3O3/c1-2-20(28)11-7-4-8-12-21(27-23(29)19-13-15-25-16-14-19)24-26-17-22(30-24)18-9-5-3-6-10-18/h3,5-6,9-10,17,19,21,25H,2,4,7-8,11-16H2,1H3,(H,27,29)/t21-/m0/s1. The van der Waals surface area contributed by atoms with Gasteiger partial charge in [-0.2, -0.15) is 0 Å². The zero-order valence-corrected chi connectivity index (χ0v) is 17.9. The lowest BCUT2D eigenvalue weighted by molar-refractivity contribution is -0.126. The quantitative estimate of drug-likeness (QED) is 0.535. The molecule has 0 bridgehead atoms. The van der Waals surface area contributed by atoms with Crippen LogP contribution in [0.15, 0.2) is 40.9 Å². The molecule has 0 aliphatic carbocycles. The number of rotatable bonds is 11. The van der Waals surface area contributed by atoms with Crippen LogP contribution in [0.4, 0.5) is 0 Å². The molecule has 6 nitrogen and oxygen atoms in total. The van der Waals surface area contributed by atoms with Gasteiger partial charge >= 0.3 is 0 Å². The molecule has 0 saturated carbocycles. The molecule has 1 aromatic carbocycles. The van der Waals surface area contributed by atoms with E-state index in [2.05, 4.69) is 15.6 Å². The number of carbonyl (C=O) groups is 2. The largest absolute Gasteiger partial charge is 0.438 e. The number of unbranched alkanes of at least 4 members (excludes halogenated alkanes) is 2. The first-order valence-corrected chi connectivity index (χ1v) is 11.2. The highest BCUT2D eigenvalue weighted by Crippen LogP contribution is 2.26. The van der Waals surface area contributed by atoms with Crippen molar-refractivity contribution in [3.8, 4) is 11.3 Å². The number of hydrogen-bond acceptors (Lipinski definition) is 5. The Morgan fingerprint density at radius 3 is 2.67 bits per heavy atom. The van der Waals surface area contributed by atoms with Gasteiger partial charge in [0.05, 0.1) is 6.20 Å². The number of amides is 1. The van der Waals surface area contributed by atoms with Crippen LogP contribution in [-0.4, -0.2) is 29.8 Å². The summed E-state index contributed by atoms with van der Waals surface area (Å²) in [4.78, 5) is 28.8. The van der Waals surface area contributed by atoms with E-state index in [0.717, 1.165) is 57.2 Å². The molecule has 1 fully saturated rings. The molecular weight excluding hydrogens is 378 g/mol. The fourth-order valence-corrected chi connectivity index (χ4v) is 3.84. The average molecular weight is 412 g/mol. The molecule has 1 atom stereocenters. The number of nitrogens with zero attached hydrogens (tertiary/aromatic N) is 1. The van der Waals surface area contributed by atoms with Gasteiger partial charge in [-0.3, -0.25) is 9.59 Å². The third kappa shape index (κ3) is 6.52. The number of ketones is 1. The smallest absolute Gasteiger partial charge is 0.223 e. The van der Waals surface area contributed by atoms with Crippen LogP contribution in [-0.2, 0) is 9.59 Å². The molecule has 3 rings (SSSR count). The van der Waals surface area contributed by atoms with Gasteiger partial charge in [-0.1, -0.05) is 50.1 Å². The molecule has 30 heavy (non-hydrogen) atoms. The minimum atomic E-state index is -0.244. The van der Waals surface area contributed by atoms with Gasteiger partial charge in [-0.25, -0.2) is 4.98 Å². The maximum absolute atomic E-state index is 12.8. The zero-order valence-electron chi connectivity index (χ0n) is 17.9. The maximum Gasteiger partial charge on any atom is 0.223 e. The molecule has 1 saturated heterocycles. The molecule has 1 aromatic heterocycles. The topological polar surface area (TPSA) is 84.2 Å². The molecule has 0 spiro atoms. The number of nitrogens with one attached hydrogen (secondary N) is 2. The Kier molecular flexibility index (Phi) is 8.63. The molecule has 1 aliphatic heterocycles. The van der Waals surface area contributed by atoms with Crippen molar-refractivity contribution in [2.24, 2.45) is 5.92 Å². The number of Topliss-reactive ketones (excluding diaryl/α,β-unsaturated/α-hetero) is 1. The molecule has 0 radical (unpaired) electrons. The van der Waals surface area contributed by atoms with E-state index in [4.69, 9.17) is 4.42 Å². The van der Waals surface area contributed by atoms with Gasteiger partial charge in [0.15, 0.2) is 5.76 Å². The Morgan fingerprint density at radius 1 is 1.17 bits per heavy atom. The lowest BCUT2D eigenvalue weighted by Gasteiger charge is -2.24. The van der Waals surface area contributed by atoms with Gasteiger partial charge < -0.3 is 15.1 Å². The highest BCUT2D eigenvalue weighted by molar-refractivity contribution is 5.79. The van der Waals surface area contributed by atoms with Crippen LogP contribution in [0.5, 0.6) is 0 Å². The van der Waals surface area contributed by atoms with Crippen LogP contribution in [0.25, 0.3) is 11.3 Å². The molecule has 1 amide bonds. The summed E-state index contributed by atoms with van der Waals surface area (Å²) in [5.41, 5.74) is 0.970. The number of oxazole rings is 1. The first-order chi connectivity index (χ1) is 14.7. The molecule has 0 unspecified atom stereocenters. The third-order valence-corrected chi connectivity index (χ3v) is 5.75. The van der Waals surface area contributed by atoms with Crippen molar-refractivity contribution in [3.05, 3.63) is 42.4 Å². The molecule has 1 aliphatic rings. The van der Waals surface area contributed by atoms with Crippen molar-refractivity contribution in [1.82, 2.24) is 15.6 Å². The van der Waals surface area contributed by atoms with Gasteiger partial charge in [-0.15, -0.1) is 0 Å². The molecule has 2 N–H and O–H groups in total. The predicted octanol–water partition coefficient (Wildman–Crippen LogP) is 4.43. The fraction of sp³-hybridized carbons (Fsp3) is 0.542. The fourth-order valence-electron chi connectivity index (χ4n) is 3.84. The van der Waals surface area contributed by atoms with E-state index in [1.54, 1.807) is 6.20 Å². The van der Waals surface area contributed by atoms with Gasteiger partial charge in [0, 0.05) is 24.3 Å². The average Bonchev–Trinajstić information content (AvgIpc) is 3.29. The molecule has 162 valence electrons. The Labute approximate surface area is 178 Å². The summed E-state index contributed by atoms with van der Waals surface area (Å²) in [5, 5.41) is 6.49. The van der Waals surface area contributed by atoms with Gasteiger partial charge in [0.2, 0.25) is 11.8 Å². The van der Waals surface area contributed by atoms with Crippen LogP contribution in [0.2, 0.25) is 0 Å². The van der Waals surface area contributed by atoms with Crippen molar-refractivity contribution >= 4 is 11.7 Å². The van der Waals surface area contributed by atoms with E-state index < -0.39 is 0 Å². The Bertz CT molecular complexity index is 797. The normalized spacial score (nSPS) is 15.6. The van der Waals surface area contributed by atoms with Crippen LogP contribution >= 0.6 is 0 Å². The summed E-state index contributed by atoms with van der Waals surface area (Å²) in [5.74, 6) is 1.70. The van der Waals surface area contributed by atoms with Crippen LogP contribution < -0.4 is 10.6 Å². The minimum absolute atomic E-state index is 0.0412. The third-order valence-electron chi connectivity index (χ3n) is 5.75. The highest BCUT2D eigenvalue weighted by atomic mass is 16.4. The Hall–Kier alpha value is -2.47. The number of piperidine rings is 1. The molecular formula is C24H33N3O3.